The Morgan fingerprint density at radius 3 is 2.49 bits per heavy atom. The fourth-order valence-electron chi connectivity index (χ4n) is 7.59. The third-order valence-corrected chi connectivity index (χ3v) is 9.45. The van der Waals surface area contributed by atoms with Crippen LogP contribution in [0.4, 0.5) is 5.69 Å². The third-order valence-electron chi connectivity index (χ3n) is 9.45. The Morgan fingerprint density at radius 1 is 1.04 bits per heavy atom. The summed E-state index contributed by atoms with van der Waals surface area (Å²) in [6, 6.07) is 9.29. The number of aromatic amines is 1. The van der Waals surface area contributed by atoms with Gasteiger partial charge in [-0.05, 0) is 92.9 Å². The first kappa shape index (κ1) is 30.3. The highest BCUT2D eigenvalue weighted by Crippen LogP contribution is 2.53. The number of esters is 1. The molecule has 1 aromatic carbocycles. The summed E-state index contributed by atoms with van der Waals surface area (Å²) >= 11 is 0. The topological polar surface area (TPSA) is 164 Å². The molecule has 4 fully saturated rings. The highest BCUT2D eigenvalue weighted by atomic mass is 16.5. The number of carbonyl (C=O) groups excluding carboxylic acids is 4. The number of aromatic nitrogens is 3. The van der Waals surface area contributed by atoms with Gasteiger partial charge in [-0.2, -0.15) is 0 Å². The molecular weight excluding hydrogens is 576 g/mol. The van der Waals surface area contributed by atoms with Crippen molar-refractivity contribution in [2.45, 2.75) is 63.6 Å². The highest BCUT2D eigenvalue weighted by Gasteiger charge is 2.48. The van der Waals surface area contributed by atoms with E-state index in [9.17, 15) is 24.0 Å². The van der Waals surface area contributed by atoms with E-state index in [0.29, 0.717) is 22.9 Å². The van der Waals surface area contributed by atoms with E-state index in [1.807, 2.05) is 6.07 Å². The first-order valence-electron chi connectivity index (χ1n) is 15.6. The molecule has 236 valence electrons. The number of benzene rings is 1. The van der Waals surface area contributed by atoms with Crippen molar-refractivity contribution in [3.63, 3.8) is 0 Å². The number of allylic oxidation sites excluding steroid dienone is 1. The zero-order valence-corrected chi connectivity index (χ0v) is 25.2. The standard InChI is InChI=1S/C33H38N6O6/c1-45-28(41)11-5-4-9-25(36-32(43)30-34-23-7-2-3-8-24(23)35-30)31(42)37-26-10-6-12-39(33(26)44)18-27(40)38-29-21-14-19-13-20(16-21)17-22(29)15-19/h2-3,5-8,10-12,19-22,25,29H,4,9,13-18H2,1H3,(H,34,35)(H,36,43)(H,37,42)(H,38,40)/b11-5+/t19?,20?,21?,22?,25-,29?/m0/s1. The van der Waals surface area contributed by atoms with Crippen LogP contribution in [0.15, 0.2) is 59.5 Å². The Morgan fingerprint density at radius 2 is 1.78 bits per heavy atom. The number of para-hydroxylation sites is 2. The normalized spacial score (nSPS) is 24.0. The van der Waals surface area contributed by atoms with E-state index in [1.54, 1.807) is 24.3 Å². The predicted octanol–water partition coefficient (Wildman–Crippen LogP) is 2.91. The number of hydrogen-bond donors (Lipinski definition) is 4. The van der Waals surface area contributed by atoms with Crippen LogP contribution >= 0.6 is 0 Å². The van der Waals surface area contributed by atoms with Crippen LogP contribution in [0.25, 0.3) is 11.0 Å². The van der Waals surface area contributed by atoms with Gasteiger partial charge in [0, 0.05) is 18.3 Å². The fraction of sp³-hybridized carbons (Fsp3) is 0.455. The lowest BCUT2D eigenvalue weighted by atomic mass is 9.54. The lowest BCUT2D eigenvalue weighted by Gasteiger charge is -2.54. The number of anilines is 1. The molecule has 12 nitrogen and oxygen atoms in total. The number of H-pyrrole nitrogens is 1. The van der Waals surface area contributed by atoms with Crippen molar-refractivity contribution < 1.29 is 23.9 Å². The monoisotopic (exact) mass is 614 g/mol. The Kier molecular flexibility index (Phi) is 8.81. The Labute approximate surface area is 260 Å². The molecule has 2 aromatic heterocycles. The number of imidazole rings is 1. The van der Waals surface area contributed by atoms with Crippen molar-refractivity contribution in [2.75, 3.05) is 12.4 Å². The molecule has 3 amide bonds. The molecule has 1 atom stereocenters. The summed E-state index contributed by atoms with van der Waals surface area (Å²) in [6.07, 6.45) is 10.7. The molecule has 7 rings (SSSR count). The number of fused-ring (bicyclic) bond motifs is 1. The van der Waals surface area contributed by atoms with Gasteiger partial charge in [-0.15, -0.1) is 0 Å². The van der Waals surface area contributed by atoms with Crippen molar-refractivity contribution >= 4 is 40.4 Å². The van der Waals surface area contributed by atoms with Crippen molar-refractivity contribution in [3.8, 4) is 0 Å². The lowest BCUT2D eigenvalue weighted by molar-refractivity contribution is -0.134. The minimum Gasteiger partial charge on any atom is -0.466 e. The Hall–Kier alpha value is -4.74. The Bertz CT molecular complexity index is 1630. The van der Waals surface area contributed by atoms with Gasteiger partial charge in [-0.3, -0.25) is 19.2 Å². The molecular formula is C33H38N6O6. The van der Waals surface area contributed by atoms with Gasteiger partial charge in [0.05, 0.1) is 18.1 Å². The molecule has 0 aliphatic heterocycles. The summed E-state index contributed by atoms with van der Waals surface area (Å²) in [4.78, 5) is 71.6. The maximum absolute atomic E-state index is 13.4. The zero-order chi connectivity index (χ0) is 31.5. The van der Waals surface area contributed by atoms with Crippen molar-refractivity contribution in [3.05, 3.63) is 70.9 Å². The third kappa shape index (κ3) is 6.84. The molecule has 0 saturated heterocycles. The first-order valence-corrected chi connectivity index (χ1v) is 15.6. The second-order valence-corrected chi connectivity index (χ2v) is 12.5. The van der Waals surface area contributed by atoms with E-state index in [4.69, 9.17) is 0 Å². The number of amides is 3. The Balaban J connectivity index is 1.12. The molecule has 0 radical (unpaired) electrons. The second-order valence-electron chi connectivity index (χ2n) is 12.5. The summed E-state index contributed by atoms with van der Waals surface area (Å²) in [5.74, 6) is 0.661. The van der Waals surface area contributed by atoms with Crippen LogP contribution in [-0.2, 0) is 25.7 Å². The van der Waals surface area contributed by atoms with Gasteiger partial charge in [0.25, 0.3) is 11.5 Å². The molecule has 12 heteroatoms. The first-order chi connectivity index (χ1) is 21.8. The number of ether oxygens (including phenoxy) is 1. The lowest BCUT2D eigenvalue weighted by Crippen LogP contribution is -2.56. The number of pyridine rings is 1. The molecule has 0 unspecified atom stereocenters. The zero-order valence-electron chi connectivity index (χ0n) is 25.2. The average Bonchev–Trinajstić information content (AvgIpc) is 3.46. The van der Waals surface area contributed by atoms with Gasteiger partial charge in [0.15, 0.2) is 5.82 Å². The molecule has 2 heterocycles. The summed E-state index contributed by atoms with van der Waals surface area (Å²) < 4.78 is 5.88. The predicted molar refractivity (Wildman–Crippen MR) is 166 cm³/mol. The van der Waals surface area contributed by atoms with Gasteiger partial charge in [-0.25, -0.2) is 9.78 Å². The molecule has 3 aromatic rings. The van der Waals surface area contributed by atoms with Gasteiger partial charge in [0.1, 0.15) is 18.3 Å². The number of nitrogens with one attached hydrogen (secondary N) is 4. The average molecular weight is 615 g/mol. The van der Waals surface area contributed by atoms with Crippen molar-refractivity contribution in [2.24, 2.45) is 23.7 Å². The van der Waals surface area contributed by atoms with Gasteiger partial charge in [-0.1, -0.05) is 18.2 Å². The largest absolute Gasteiger partial charge is 0.466 e. The maximum Gasteiger partial charge on any atom is 0.330 e. The number of rotatable bonds is 11. The van der Waals surface area contributed by atoms with Crippen LogP contribution in [0.2, 0.25) is 0 Å². The van der Waals surface area contributed by atoms with Crippen molar-refractivity contribution in [1.82, 2.24) is 25.2 Å². The molecule has 45 heavy (non-hydrogen) atoms. The maximum atomic E-state index is 13.4. The van der Waals surface area contributed by atoms with Crippen LogP contribution in [0.3, 0.4) is 0 Å². The molecule has 4 aliphatic rings. The molecule has 4 bridgehead atoms. The van der Waals surface area contributed by atoms with E-state index >= 15 is 0 Å². The van der Waals surface area contributed by atoms with E-state index in [-0.39, 0.29) is 42.8 Å². The van der Waals surface area contributed by atoms with Gasteiger partial charge >= 0.3 is 5.97 Å². The van der Waals surface area contributed by atoms with Crippen LogP contribution in [0.1, 0.15) is 55.6 Å². The summed E-state index contributed by atoms with van der Waals surface area (Å²) in [6.45, 7) is -0.157. The molecule has 0 spiro atoms. The highest BCUT2D eigenvalue weighted by molar-refractivity contribution is 6.00. The van der Waals surface area contributed by atoms with Crippen LogP contribution in [-0.4, -0.2) is 57.4 Å². The SMILES string of the molecule is COC(=O)/C=C/CC[C@H](NC(=O)c1nc2ccccc2[nH]1)C(=O)Nc1cccn(CC(=O)NC2C3CC4CC(C3)CC2C4)c1=O. The molecule has 4 N–H and O–H groups in total. The molecule has 4 saturated carbocycles. The van der Waals surface area contributed by atoms with E-state index in [1.165, 1.54) is 68.2 Å². The van der Waals surface area contributed by atoms with Gasteiger partial charge in [0.2, 0.25) is 11.8 Å². The van der Waals surface area contributed by atoms with E-state index < -0.39 is 29.4 Å². The minimum absolute atomic E-state index is 0.0157. The second kappa shape index (κ2) is 13.1. The number of methoxy groups -OCH3 is 1. The van der Waals surface area contributed by atoms with E-state index in [2.05, 4.69) is 30.7 Å². The number of hydrogen-bond acceptors (Lipinski definition) is 7. The smallest absolute Gasteiger partial charge is 0.330 e. The molecule has 4 aliphatic carbocycles. The number of nitrogens with zero attached hydrogens (tertiary/aromatic N) is 2. The minimum atomic E-state index is -1.07. The quantitative estimate of drug-likeness (QED) is 0.191. The van der Waals surface area contributed by atoms with Crippen LogP contribution in [0, 0.1) is 23.7 Å². The van der Waals surface area contributed by atoms with Crippen LogP contribution < -0.4 is 21.5 Å². The fourth-order valence-corrected chi connectivity index (χ4v) is 7.59. The van der Waals surface area contributed by atoms with Gasteiger partial charge < -0.3 is 30.2 Å². The van der Waals surface area contributed by atoms with Crippen LogP contribution in [0.5, 0.6) is 0 Å². The van der Waals surface area contributed by atoms with Crippen molar-refractivity contribution in [1.29, 1.82) is 0 Å². The summed E-state index contributed by atoms with van der Waals surface area (Å²) in [7, 11) is 1.26. The van der Waals surface area contributed by atoms with E-state index in [0.717, 1.165) is 11.8 Å². The number of carbonyl (C=O) groups is 4. The summed E-state index contributed by atoms with van der Waals surface area (Å²) in [5.41, 5.74) is 0.723. The summed E-state index contributed by atoms with van der Waals surface area (Å²) in [5, 5.41) is 8.53.